The van der Waals surface area contributed by atoms with E-state index in [1.165, 1.54) is 17.4 Å². The highest BCUT2D eigenvalue weighted by Crippen LogP contribution is 2.19. The van der Waals surface area contributed by atoms with Crippen molar-refractivity contribution in [3.8, 4) is 0 Å². The van der Waals surface area contributed by atoms with E-state index < -0.39 is 0 Å². The molecule has 0 aliphatic heterocycles. The smallest absolute Gasteiger partial charge is 0.213 e. The highest BCUT2D eigenvalue weighted by molar-refractivity contribution is 9.11. The van der Waals surface area contributed by atoms with Crippen molar-refractivity contribution in [1.82, 2.24) is 4.98 Å². The first-order chi connectivity index (χ1) is 4.74. The Morgan fingerprint density at radius 1 is 1.90 bits per heavy atom. The Labute approximate surface area is 70.7 Å². The van der Waals surface area contributed by atoms with Gasteiger partial charge in [-0.25, -0.2) is 4.98 Å². The van der Waals surface area contributed by atoms with Crippen molar-refractivity contribution in [2.45, 2.75) is 0 Å². The van der Waals surface area contributed by atoms with Crippen molar-refractivity contribution < 1.29 is 4.79 Å². The molecule has 0 saturated heterocycles. The number of carbonyl (C=O) groups excluding carboxylic acids is 1. The second kappa shape index (κ2) is 3.07. The van der Waals surface area contributed by atoms with Crippen molar-refractivity contribution in [3.63, 3.8) is 0 Å². The quantitative estimate of drug-likeness (QED) is 0.563. The number of carbonyl (C=O) groups is 1. The van der Waals surface area contributed by atoms with Gasteiger partial charge in [-0.05, 0) is 22.0 Å². The lowest BCUT2D eigenvalue weighted by Gasteiger charge is -1.80. The van der Waals surface area contributed by atoms with Gasteiger partial charge in [0.25, 0.3) is 0 Å². The number of aromatic nitrogens is 1. The Morgan fingerprint density at radius 3 is 3.00 bits per heavy atom. The van der Waals surface area contributed by atoms with Crippen LogP contribution in [-0.4, -0.2) is 10.8 Å². The summed E-state index contributed by atoms with van der Waals surface area (Å²) in [7, 11) is 0. The zero-order valence-electron chi connectivity index (χ0n) is 5.00. The average Bonchev–Trinajstić information content (AvgIpc) is 2.34. The summed E-state index contributed by atoms with van der Waals surface area (Å²) in [5.74, 6) is -0.129. The summed E-state index contributed by atoms with van der Waals surface area (Å²) >= 11 is 4.50. The van der Waals surface area contributed by atoms with Gasteiger partial charge in [-0.15, -0.1) is 11.3 Å². The maximum atomic E-state index is 10.8. The van der Waals surface area contributed by atoms with E-state index in [-0.39, 0.29) is 5.78 Å². The summed E-state index contributed by atoms with van der Waals surface area (Å²) < 4.78 is 0.859. The van der Waals surface area contributed by atoms with Gasteiger partial charge in [0, 0.05) is 0 Å². The Kier molecular flexibility index (Phi) is 2.34. The molecule has 1 aromatic rings. The third kappa shape index (κ3) is 1.52. The van der Waals surface area contributed by atoms with Gasteiger partial charge in [0.1, 0.15) is 0 Å². The third-order valence-corrected chi connectivity index (χ3v) is 2.36. The van der Waals surface area contributed by atoms with E-state index >= 15 is 0 Å². The van der Waals surface area contributed by atoms with E-state index in [1.54, 1.807) is 6.20 Å². The van der Waals surface area contributed by atoms with Crippen molar-refractivity contribution >= 4 is 33.0 Å². The molecule has 0 radical (unpaired) electrons. The molecule has 0 saturated carbocycles. The molecule has 0 N–H and O–H groups in total. The Morgan fingerprint density at radius 2 is 2.60 bits per heavy atom. The van der Waals surface area contributed by atoms with Gasteiger partial charge in [-0.3, -0.25) is 4.79 Å². The average molecular weight is 218 g/mol. The minimum atomic E-state index is -0.129. The van der Waals surface area contributed by atoms with E-state index in [4.69, 9.17) is 0 Å². The predicted molar refractivity (Wildman–Crippen MR) is 44.3 cm³/mol. The molecule has 2 nitrogen and oxygen atoms in total. The fourth-order valence-corrected chi connectivity index (χ4v) is 1.60. The molecule has 10 heavy (non-hydrogen) atoms. The van der Waals surface area contributed by atoms with Crippen LogP contribution in [0.2, 0.25) is 0 Å². The van der Waals surface area contributed by atoms with Crippen molar-refractivity contribution in [2.75, 3.05) is 0 Å². The Bertz CT molecular complexity index is 268. The molecule has 0 bridgehead atoms. The molecule has 0 unspecified atom stereocenters. The van der Waals surface area contributed by atoms with Crippen molar-refractivity contribution in [2.24, 2.45) is 0 Å². The van der Waals surface area contributed by atoms with Gasteiger partial charge in [0.2, 0.25) is 5.78 Å². The molecule has 1 aromatic heterocycles. The van der Waals surface area contributed by atoms with Crippen LogP contribution in [0.15, 0.2) is 22.6 Å². The number of thiazole rings is 1. The van der Waals surface area contributed by atoms with Gasteiger partial charge in [0.05, 0.1) is 9.98 Å². The first-order valence-corrected chi connectivity index (χ1v) is 4.13. The topological polar surface area (TPSA) is 30.0 Å². The van der Waals surface area contributed by atoms with Crippen LogP contribution in [0.5, 0.6) is 0 Å². The van der Waals surface area contributed by atoms with Crippen LogP contribution in [0.25, 0.3) is 0 Å². The number of ketones is 1. The summed E-state index contributed by atoms with van der Waals surface area (Å²) in [6.07, 6.45) is 2.85. The monoisotopic (exact) mass is 217 g/mol. The molecular formula is C6H4BrNOS. The molecule has 0 spiro atoms. The van der Waals surface area contributed by atoms with Gasteiger partial charge in [0.15, 0.2) is 5.01 Å². The standard InChI is InChI=1S/C6H4BrNOS/c1-2-4(9)6-8-3-5(7)10-6/h2-3H,1H2. The molecule has 0 atom stereocenters. The number of rotatable bonds is 2. The molecule has 4 heteroatoms. The normalized spacial score (nSPS) is 9.30. The van der Waals surface area contributed by atoms with E-state index in [0.29, 0.717) is 5.01 Å². The van der Waals surface area contributed by atoms with Crippen molar-refractivity contribution in [3.05, 3.63) is 27.6 Å². The number of halogens is 1. The van der Waals surface area contributed by atoms with Gasteiger partial charge >= 0.3 is 0 Å². The fourth-order valence-electron chi connectivity index (χ4n) is 0.456. The lowest BCUT2D eigenvalue weighted by Crippen LogP contribution is -1.89. The van der Waals surface area contributed by atoms with Gasteiger partial charge in [-0.2, -0.15) is 0 Å². The first-order valence-electron chi connectivity index (χ1n) is 2.52. The second-order valence-electron chi connectivity index (χ2n) is 1.54. The summed E-state index contributed by atoms with van der Waals surface area (Å²) in [4.78, 5) is 14.7. The lowest BCUT2D eigenvalue weighted by atomic mass is 10.4. The number of allylic oxidation sites excluding steroid dienone is 1. The molecule has 1 rings (SSSR count). The Balaban J connectivity index is 2.95. The van der Waals surface area contributed by atoms with Crippen LogP contribution in [0.1, 0.15) is 9.80 Å². The van der Waals surface area contributed by atoms with Gasteiger partial charge < -0.3 is 0 Å². The third-order valence-electron chi connectivity index (χ3n) is 0.874. The zero-order chi connectivity index (χ0) is 7.56. The SMILES string of the molecule is C=CC(=O)c1ncc(Br)s1. The molecule has 0 amide bonds. The van der Waals surface area contributed by atoms with Crippen LogP contribution in [-0.2, 0) is 0 Å². The summed E-state index contributed by atoms with van der Waals surface area (Å²) in [6, 6.07) is 0. The second-order valence-corrected chi connectivity index (χ2v) is 3.95. The summed E-state index contributed by atoms with van der Waals surface area (Å²) in [5, 5.41) is 0.474. The minimum absolute atomic E-state index is 0.129. The molecule has 0 aliphatic carbocycles. The van der Waals surface area contributed by atoms with Crippen LogP contribution < -0.4 is 0 Å². The van der Waals surface area contributed by atoms with Crippen LogP contribution in [0.4, 0.5) is 0 Å². The molecule has 0 aromatic carbocycles. The highest BCUT2D eigenvalue weighted by atomic mass is 79.9. The highest BCUT2D eigenvalue weighted by Gasteiger charge is 2.04. The zero-order valence-corrected chi connectivity index (χ0v) is 7.41. The lowest BCUT2D eigenvalue weighted by molar-refractivity contribution is 0.104. The summed E-state index contributed by atoms with van der Waals surface area (Å²) in [6.45, 7) is 3.35. The van der Waals surface area contributed by atoms with Gasteiger partial charge in [-0.1, -0.05) is 6.58 Å². The van der Waals surface area contributed by atoms with E-state index in [0.717, 1.165) is 3.79 Å². The van der Waals surface area contributed by atoms with E-state index in [1.807, 2.05) is 0 Å². The number of nitrogens with zero attached hydrogens (tertiary/aromatic N) is 1. The van der Waals surface area contributed by atoms with E-state index in [2.05, 4.69) is 27.5 Å². The number of hydrogen-bond donors (Lipinski definition) is 0. The van der Waals surface area contributed by atoms with Crippen LogP contribution in [0.3, 0.4) is 0 Å². The molecule has 52 valence electrons. The predicted octanol–water partition coefficient (Wildman–Crippen LogP) is 2.27. The maximum Gasteiger partial charge on any atom is 0.213 e. The van der Waals surface area contributed by atoms with Crippen LogP contribution in [0, 0.1) is 0 Å². The minimum Gasteiger partial charge on any atom is -0.287 e. The largest absolute Gasteiger partial charge is 0.287 e. The maximum absolute atomic E-state index is 10.8. The van der Waals surface area contributed by atoms with E-state index in [9.17, 15) is 4.79 Å². The Hall–Kier alpha value is -0.480. The fraction of sp³-hybridized carbons (Fsp3) is 0. The molecule has 0 fully saturated rings. The molecular weight excluding hydrogens is 214 g/mol. The van der Waals surface area contributed by atoms with Crippen molar-refractivity contribution in [1.29, 1.82) is 0 Å². The molecule has 1 heterocycles. The summed E-state index contributed by atoms with van der Waals surface area (Å²) in [5.41, 5.74) is 0. The first kappa shape index (κ1) is 7.63. The molecule has 0 aliphatic rings. The number of hydrogen-bond acceptors (Lipinski definition) is 3. The van der Waals surface area contributed by atoms with Crippen LogP contribution >= 0.6 is 27.3 Å².